The second-order valence-corrected chi connectivity index (χ2v) is 1.35. The van der Waals surface area contributed by atoms with Crippen LogP contribution in [0.3, 0.4) is 0 Å². The number of nitrogen functional groups attached to an aromatic ring is 1. The van der Waals surface area contributed by atoms with Gasteiger partial charge in [-0.2, -0.15) is 0 Å². The van der Waals surface area contributed by atoms with Crippen LogP contribution in [0, 0.1) is 0 Å². The van der Waals surface area contributed by atoms with Gasteiger partial charge in [-0.1, -0.05) is 0 Å². The molecule has 1 rings (SSSR count). The summed E-state index contributed by atoms with van der Waals surface area (Å²) in [4.78, 5) is 14.0. The summed E-state index contributed by atoms with van der Waals surface area (Å²) in [6, 6.07) is 0. The summed E-state index contributed by atoms with van der Waals surface area (Å²) in [6.45, 7) is 0. The zero-order valence-corrected chi connectivity index (χ0v) is 4.50. The third-order valence-electron chi connectivity index (χ3n) is 0.796. The van der Waals surface area contributed by atoms with Gasteiger partial charge in [-0.15, -0.1) is 0 Å². The largest absolute Gasteiger partial charge is 0.451 e. The number of carbonyl (C=O) groups is 1. The predicted octanol–water partition coefficient (Wildman–Crippen LogP) is -0.722. The molecule has 0 unspecified atom stereocenters. The molecule has 0 atom stereocenters. The molecule has 0 aliphatic rings. The fourth-order valence-corrected chi connectivity index (χ4v) is 0.399. The van der Waals surface area contributed by atoms with Crippen LogP contribution in [0.1, 0.15) is 10.5 Å². The lowest BCUT2D eigenvalue weighted by Gasteiger charge is -1.88. The molecule has 0 saturated carbocycles. The van der Waals surface area contributed by atoms with Crippen LogP contribution in [-0.2, 0) is 0 Å². The van der Waals surface area contributed by atoms with E-state index >= 15 is 0 Å². The Morgan fingerprint density at radius 3 is 3.11 bits per heavy atom. The van der Waals surface area contributed by atoms with E-state index in [1.54, 1.807) is 0 Å². The van der Waals surface area contributed by atoms with Gasteiger partial charge in [0.05, 0.1) is 0 Å². The van der Waals surface area contributed by atoms with Crippen LogP contribution in [0.25, 0.3) is 0 Å². The first kappa shape index (κ1) is 5.77. The number of amides is 1. The van der Waals surface area contributed by atoms with Crippen LogP contribution in [0.4, 0.5) is 0 Å². The molecule has 1 aromatic heterocycles. The third kappa shape index (κ3) is 1.06. The van der Waals surface area contributed by atoms with Gasteiger partial charge in [0.15, 0.2) is 12.1 Å². The van der Waals surface area contributed by atoms with E-state index < -0.39 is 5.91 Å². The average Bonchev–Trinajstić information content (AvgIpc) is 2.37. The van der Waals surface area contributed by atoms with Crippen molar-refractivity contribution in [3.63, 3.8) is 0 Å². The SMILES string of the molecule is NNC(=O)c1cocn1. The molecule has 48 valence electrons. The molecule has 1 heterocycles. The summed E-state index contributed by atoms with van der Waals surface area (Å²) in [6.07, 6.45) is 2.37. The van der Waals surface area contributed by atoms with Gasteiger partial charge in [0.1, 0.15) is 6.26 Å². The lowest BCUT2D eigenvalue weighted by atomic mass is 10.5. The van der Waals surface area contributed by atoms with Crippen molar-refractivity contribution in [3.8, 4) is 0 Å². The van der Waals surface area contributed by atoms with Crippen LogP contribution >= 0.6 is 0 Å². The topological polar surface area (TPSA) is 81.1 Å². The first-order chi connectivity index (χ1) is 4.34. The molecule has 3 N–H and O–H groups in total. The third-order valence-corrected chi connectivity index (χ3v) is 0.796. The summed E-state index contributed by atoms with van der Waals surface area (Å²) in [5.74, 6) is 4.33. The number of hydrogen-bond donors (Lipinski definition) is 2. The second-order valence-electron chi connectivity index (χ2n) is 1.35. The Hall–Kier alpha value is -1.36. The molecule has 0 fully saturated rings. The maximum atomic E-state index is 10.5. The molecule has 1 amide bonds. The average molecular weight is 127 g/mol. The van der Waals surface area contributed by atoms with Crippen molar-refractivity contribution in [2.45, 2.75) is 0 Å². The molecule has 0 saturated heterocycles. The monoisotopic (exact) mass is 127 g/mol. The number of nitrogens with two attached hydrogens (primary N) is 1. The summed E-state index contributed by atoms with van der Waals surface area (Å²) in [5.41, 5.74) is 2.08. The molecule has 1 aromatic rings. The molecule has 0 aliphatic heterocycles. The fraction of sp³-hybridized carbons (Fsp3) is 0. The van der Waals surface area contributed by atoms with Gasteiger partial charge >= 0.3 is 0 Å². The van der Waals surface area contributed by atoms with E-state index in [-0.39, 0.29) is 5.69 Å². The Kier molecular flexibility index (Phi) is 1.46. The molecule has 0 spiro atoms. The van der Waals surface area contributed by atoms with Gasteiger partial charge in [-0.3, -0.25) is 10.2 Å². The highest BCUT2D eigenvalue weighted by molar-refractivity contribution is 5.91. The van der Waals surface area contributed by atoms with Crippen molar-refractivity contribution in [2.75, 3.05) is 0 Å². The van der Waals surface area contributed by atoms with E-state index in [9.17, 15) is 4.79 Å². The van der Waals surface area contributed by atoms with Crippen LogP contribution < -0.4 is 11.3 Å². The van der Waals surface area contributed by atoms with Crippen molar-refractivity contribution < 1.29 is 9.21 Å². The number of hydrogen-bond acceptors (Lipinski definition) is 4. The van der Waals surface area contributed by atoms with Gasteiger partial charge in [0.25, 0.3) is 5.91 Å². The van der Waals surface area contributed by atoms with Crippen LogP contribution in [0.2, 0.25) is 0 Å². The maximum Gasteiger partial charge on any atom is 0.287 e. The number of aromatic nitrogens is 1. The van der Waals surface area contributed by atoms with Crippen molar-refractivity contribution in [1.29, 1.82) is 0 Å². The van der Waals surface area contributed by atoms with E-state index in [2.05, 4.69) is 9.40 Å². The first-order valence-corrected chi connectivity index (χ1v) is 2.23. The lowest BCUT2D eigenvalue weighted by molar-refractivity contribution is 0.0948. The summed E-state index contributed by atoms with van der Waals surface area (Å²) < 4.78 is 4.51. The molecular weight excluding hydrogens is 122 g/mol. The number of rotatable bonds is 1. The van der Waals surface area contributed by atoms with Gasteiger partial charge < -0.3 is 4.42 Å². The highest BCUT2D eigenvalue weighted by Crippen LogP contribution is 1.91. The highest BCUT2D eigenvalue weighted by atomic mass is 16.3. The summed E-state index contributed by atoms with van der Waals surface area (Å²) in [7, 11) is 0. The molecule has 5 nitrogen and oxygen atoms in total. The smallest absolute Gasteiger partial charge is 0.287 e. The van der Waals surface area contributed by atoms with Crippen molar-refractivity contribution in [2.24, 2.45) is 5.84 Å². The molecular formula is C4H5N3O2. The zero-order chi connectivity index (χ0) is 6.69. The second kappa shape index (κ2) is 2.27. The Balaban J connectivity index is 2.77. The predicted molar refractivity (Wildman–Crippen MR) is 28.2 cm³/mol. The molecule has 0 bridgehead atoms. The number of nitrogens with zero attached hydrogens (tertiary/aromatic N) is 1. The minimum Gasteiger partial charge on any atom is -0.451 e. The van der Waals surface area contributed by atoms with E-state index in [1.165, 1.54) is 6.26 Å². The van der Waals surface area contributed by atoms with Crippen molar-refractivity contribution in [1.82, 2.24) is 10.4 Å². The van der Waals surface area contributed by atoms with Crippen molar-refractivity contribution in [3.05, 3.63) is 18.4 Å². The van der Waals surface area contributed by atoms with Crippen LogP contribution in [0.5, 0.6) is 0 Å². The number of carbonyl (C=O) groups excluding carboxylic acids is 1. The van der Waals surface area contributed by atoms with Gasteiger partial charge in [-0.25, -0.2) is 10.8 Å². The standard InChI is InChI=1S/C4H5N3O2/c5-7-4(8)3-1-9-2-6-3/h1-2H,5H2,(H,7,8). The Labute approximate surface area is 50.8 Å². The van der Waals surface area contributed by atoms with E-state index in [0.717, 1.165) is 6.39 Å². The summed E-state index contributed by atoms with van der Waals surface area (Å²) in [5, 5.41) is 0. The number of nitrogens with one attached hydrogen (secondary N) is 1. The van der Waals surface area contributed by atoms with Gasteiger partial charge in [0, 0.05) is 0 Å². The lowest BCUT2D eigenvalue weighted by Crippen LogP contribution is -2.30. The minimum atomic E-state index is -0.455. The Bertz CT molecular complexity index is 194. The summed E-state index contributed by atoms with van der Waals surface area (Å²) >= 11 is 0. The number of hydrazine groups is 1. The van der Waals surface area contributed by atoms with Gasteiger partial charge in [-0.05, 0) is 0 Å². The van der Waals surface area contributed by atoms with Crippen LogP contribution in [-0.4, -0.2) is 10.9 Å². The van der Waals surface area contributed by atoms with E-state index in [4.69, 9.17) is 5.84 Å². The molecule has 5 heteroatoms. The molecule has 0 aromatic carbocycles. The normalized spacial score (nSPS) is 9.00. The Morgan fingerprint density at radius 1 is 1.89 bits per heavy atom. The van der Waals surface area contributed by atoms with E-state index in [0.29, 0.717) is 0 Å². The zero-order valence-electron chi connectivity index (χ0n) is 4.50. The Morgan fingerprint density at radius 2 is 2.67 bits per heavy atom. The molecule has 9 heavy (non-hydrogen) atoms. The fourth-order valence-electron chi connectivity index (χ4n) is 0.399. The number of oxazole rings is 1. The van der Waals surface area contributed by atoms with Gasteiger partial charge in [0.2, 0.25) is 0 Å². The quantitative estimate of drug-likeness (QED) is 0.296. The van der Waals surface area contributed by atoms with Crippen LogP contribution in [0.15, 0.2) is 17.1 Å². The van der Waals surface area contributed by atoms with E-state index in [1.807, 2.05) is 5.43 Å². The minimum absolute atomic E-state index is 0.178. The highest BCUT2D eigenvalue weighted by Gasteiger charge is 2.03. The molecule has 0 aliphatic carbocycles. The van der Waals surface area contributed by atoms with Crippen molar-refractivity contribution >= 4 is 5.91 Å². The first-order valence-electron chi connectivity index (χ1n) is 2.23. The maximum absolute atomic E-state index is 10.5. The molecule has 0 radical (unpaired) electrons.